The molecule has 0 aromatic heterocycles. The van der Waals surface area contributed by atoms with Crippen LogP contribution in [0.4, 0.5) is 0 Å². The Bertz CT molecular complexity index is 984. The fraction of sp³-hybridized carbons (Fsp3) is 0.182. The third kappa shape index (κ3) is 4.08. The highest BCUT2D eigenvalue weighted by Gasteiger charge is 2.12. The third-order valence-corrected chi connectivity index (χ3v) is 4.27. The van der Waals surface area contributed by atoms with Crippen LogP contribution in [0.2, 0.25) is 0 Å². The van der Waals surface area contributed by atoms with Gasteiger partial charge in [0.15, 0.2) is 11.5 Å². The number of benzene rings is 3. The van der Waals surface area contributed by atoms with Gasteiger partial charge in [-0.15, -0.1) is 0 Å². The van der Waals surface area contributed by atoms with Crippen molar-refractivity contribution in [2.24, 2.45) is 10.2 Å². The van der Waals surface area contributed by atoms with Gasteiger partial charge in [-0.2, -0.15) is 10.2 Å². The molecule has 0 radical (unpaired) electrons. The number of methoxy groups -OCH3 is 3. The zero-order valence-electron chi connectivity index (χ0n) is 15.9. The predicted octanol–water partition coefficient (Wildman–Crippen LogP) is 4.71. The summed E-state index contributed by atoms with van der Waals surface area (Å²) < 4.78 is 16.0. The van der Waals surface area contributed by atoms with Crippen LogP contribution in [0.5, 0.6) is 17.2 Å². The zero-order chi connectivity index (χ0) is 19.2. The molecule has 0 aliphatic rings. The molecule has 138 valence electrons. The van der Waals surface area contributed by atoms with Crippen molar-refractivity contribution < 1.29 is 14.2 Å². The molecule has 0 bridgehead atoms. The highest BCUT2D eigenvalue weighted by Crippen LogP contribution is 2.37. The highest BCUT2D eigenvalue weighted by molar-refractivity contribution is 6.02. The lowest BCUT2D eigenvalue weighted by atomic mass is 10.0. The lowest BCUT2D eigenvalue weighted by Gasteiger charge is -2.12. The van der Waals surface area contributed by atoms with E-state index in [1.54, 1.807) is 27.5 Å². The van der Waals surface area contributed by atoms with E-state index >= 15 is 0 Å². The average molecular weight is 362 g/mol. The van der Waals surface area contributed by atoms with Gasteiger partial charge in [0, 0.05) is 5.56 Å². The largest absolute Gasteiger partial charge is 0.493 e. The quantitative estimate of drug-likeness (QED) is 0.471. The summed E-state index contributed by atoms with van der Waals surface area (Å²) in [6.45, 7) is 1.94. The minimum Gasteiger partial charge on any atom is -0.493 e. The van der Waals surface area contributed by atoms with Crippen LogP contribution in [0.1, 0.15) is 18.1 Å². The highest BCUT2D eigenvalue weighted by atomic mass is 16.5. The van der Waals surface area contributed by atoms with Crippen LogP contribution in [0.15, 0.2) is 64.8 Å². The topological polar surface area (TPSA) is 52.4 Å². The minimum absolute atomic E-state index is 0.549. The minimum atomic E-state index is 0.549. The Hall–Kier alpha value is -3.34. The van der Waals surface area contributed by atoms with Gasteiger partial charge >= 0.3 is 0 Å². The molecular weight excluding hydrogens is 340 g/mol. The molecule has 3 aromatic rings. The van der Waals surface area contributed by atoms with Crippen molar-refractivity contribution in [3.05, 3.63) is 65.7 Å². The summed E-state index contributed by atoms with van der Waals surface area (Å²) in [6.07, 6.45) is 1.66. The second kappa shape index (κ2) is 8.36. The van der Waals surface area contributed by atoms with Crippen molar-refractivity contribution in [2.45, 2.75) is 6.92 Å². The number of nitrogens with zero attached hydrogens (tertiary/aromatic N) is 2. The van der Waals surface area contributed by atoms with Gasteiger partial charge in [0.1, 0.15) is 0 Å². The molecule has 3 rings (SSSR count). The van der Waals surface area contributed by atoms with E-state index in [9.17, 15) is 0 Å². The van der Waals surface area contributed by atoms with E-state index < -0.39 is 0 Å². The van der Waals surface area contributed by atoms with Gasteiger partial charge < -0.3 is 14.2 Å². The SMILES string of the molecule is COc1cc(/C=N/N=C(\C)c2ccc3ccccc3c2)cc(OC)c1OC. The molecule has 0 saturated carbocycles. The molecule has 0 unspecified atom stereocenters. The summed E-state index contributed by atoms with van der Waals surface area (Å²) in [4.78, 5) is 0. The molecule has 3 aromatic carbocycles. The van der Waals surface area contributed by atoms with Gasteiger partial charge in [0.05, 0.1) is 33.3 Å². The first-order valence-corrected chi connectivity index (χ1v) is 8.53. The summed E-state index contributed by atoms with van der Waals surface area (Å²) in [6, 6.07) is 18.1. The van der Waals surface area contributed by atoms with Gasteiger partial charge in [-0.3, -0.25) is 0 Å². The van der Waals surface area contributed by atoms with E-state index in [0.29, 0.717) is 17.2 Å². The molecule has 0 spiro atoms. The predicted molar refractivity (Wildman–Crippen MR) is 110 cm³/mol. The first kappa shape index (κ1) is 18.5. The van der Waals surface area contributed by atoms with E-state index in [2.05, 4.69) is 40.5 Å². The number of hydrogen-bond donors (Lipinski definition) is 0. The number of fused-ring (bicyclic) bond motifs is 1. The standard InChI is InChI=1S/C22H22N2O3/c1-15(18-10-9-17-7-5-6-8-19(17)13-18)24-23-14-16-11-20(25-2)22(27-4)21(12-16)26-3/h5-14H,1-4H3/b23-14+,24-15+. The van der Waals surface area contributed by atoms with Crippen LogP contribution in [0, 0.1) is 0 Å². The summed E-state index contributed by atoms with van der Waals surface area (Å²) in [7, 11) is 4.74. The van der Waals surface area contributed by atoms with Gasteiger partial charge in [-0.25, -0.2) is 0 Å². The lowest BCUT2D eigenvalue weighted by Crippen LogP contribution is -1.97. The van der Waals surface area contributed by atoms with Crippen LogP contribution in [-0.4, -0.2) is 33.3 Å². The Morgan fingerprint density at radius 2 is 1.48 bits per heavy atom. The molecule has 5 heteroatoms. The molecule has 27 heavy (non-hydrogen) atoms. The maximum absolute atomic E-state index is 5.35. The van der Waals surface area contributed by atoms with E-state index in [-0.39, 0.29) is 0 Å². The Morgan fingerprint density at radius 1 is 0.815 bits per heavy atom. The van der Waals surface area contributed by atoms with Crippen LogP contribution in [-0.2, 0) is 0 Å². The summed E-state index contributed by atoms with van der Waals surface area (Å²) in [5, 5.41) is 10.9. The van der Waals surface area contributed by atoms with Crippen LogP contribution < -0.4 is 14.2 Å². The second-order valence-electron chi connectivity index (χ2n) is 5.95. The molecule has 0 aliphatic carbocycles. The molecular formula is C22H22N2O3. The molecule has 0 amide bonds. The Balaban J connectivity index is 1.86. The lowest BCUT2D eigenvalue weighted by molar-refractivity contribution is 0.324. The van der Waals surface area contributed by atoms with E-state index in [0.717, 1.165) is 16.8 Å². The Labute approximate surface area is 158 Å². The van der Waals surface area contributed by atoms with Gasteiger partial charge in [-0.1, -0.05) is 36.4 Å². The number of hydrogen-bond acceptors (Lipinski definition) is 5. The summed E-state index contributed by atoms with van der Waals surface area (Å²) in [5.74, 6) is 1.70. The maximum atomic E-state index is 5.35. The molecule has 0 fully saturated rings. The van der Waals surface area contributed by atoms with Crippen LogP contribution in [0.3, 0.4) is 0 Å². The van der Waals surface area contributed by atoms with E-state index in [1.807, 2.05) is 31.2 Å². The zero-order valence-corrected chi connectivity index (χ0v) is 15.9. The Kier molecular flexibility index (Phi) is 5.71. The van der Waals surface area contributed by atoms with Crippen molar-refractivity contribution >= 4 is 22.7 Å². The number of rotatable bonds is 6. The normalized spacial score (nSPS) is 11.8. The Morgan fingerprint density at radius 3 is 2.11 bits per heavy atom. The number of ether oxygens (including phenoxy) is 3. The van der Waals surface area contributed by atoms with Crippen LogP contribution in [0.25, 0.3) is 10.8 Å². The van der Waals surface area contributed by atoms with Crippen molar-refractivity contribution in [3.63, 3.8) is 0 Å². The maximum Gasteiger partial charge on any atom is 0.203 e. The summed E-state index contributed by atoms with van der Waals surface area (Å²) in [5.41, 5.74) is 2.68. The fourth-order valence-corrected chi connectivity index (χ4v) is 2.83. The second-order valence-corrected chi connectivity index (χ2v) is 5.95. The van der Waals surface area contributed by atoms with Gasteiger partial charge in [0.2, 0.25) is 5.75 Å². The van der Waals surface area contributed by atoms with Crippen molar-refractivity contribution in [1.82, 2.24) is 0 Å². The van der Waals surface area contributed by atoms with E-state index in [1.165, 1.54) is 10.8 Å². The molecule has 0 heterocycles. The first-order chi connectivity index (χ1) is 13.2. The monoisotopic (exact) mass is 362 g/mol. The third-order valence-electron chi connectivity index (χ3n) is 4.27. The van der Waals surface area contributed by atoms with Crippen molar-refractivity contribution in [2.75, 3.05) is 21.3 Å². The molecule has 0 aliphatic heterocycles. The van der Waals surface area contributed by atoms with Crippen molar-refractivity contribution in [3.8, 4) is 17.2 Å². The summed E-state index contributed by atoms with van der Waals surface area (Å²) >= 11 is 0. The molecule has 0 atom stereocenters. The van der Waals surface area contributed by atoms with Crippen LogP contribution >= 0.6 is 0 Å². The van der Waals surface area contributed by atoms with E-state index in [4.69, 9.17) is 14.2 Å². The van der Waals surface area contributed by atoms with Crippen molar-refractivity contribution in [1.29, 1.82) is 0 Å². The molecule has 0 N–H and O–H groups in total. The fourth-order valence-electron chi connectivity index (χ4n) is 2.83. The molecule has 0 saturated heterocycles. The average Bonchev–Trinajstić information content (AvgIpc) is 2.72. The smallest absolute Gasteiger partial charge is 0.203 e. The first-order valence-electron chi connectivity index (χ1n) is 8.53. The van der Waals surface area contributed by atoms with Gasteiger partial charge in [-0.05, 0) is 41.5 Å². The van der Waals surface area contributed by atoms with Gasteiger partial charge in [0.25, 0.3) is 0 Å². The molecule has 5 nitrogen and oxygen atoms in total.